The Balaban J connectivity index is 1.45. The standard InChI is InChI=1S/C17H17ClN6O2/c1-10-16(18)11(2)23(20-10)13-5-3-12(4-6-13)17(25)26-9-15-19-21-22-24(15)14-7-8-14/h3-6,14H,7-9H2,1-2H3. The minimum atomic E-state index is -0.423. The zero-order valence-electron chi connectivity index (χ0n) is 14.4. The molecule has 1 aliphatic rings. The molecule has 8 nitrogen and oxygen atoms in total. The Morgan fingerprint density at radius 3 is 2.62 bits per heavy atom. The Kier molecular flexibility index (Phi) is 4.20. The number of carbonyl (C=O) groups is 1. The van der Waals surface area contributed by atoms with E-state index >= 15 is 0 Å². The fourth-order valence-corrected chi connectivity index (χ4v) is 2.86. The fraction of sp³-hybridized carbons (Fsp3) is 0.353. The molecule has 0 radical (unpaired) electrons. The summed E-state index contributed by atoms with van der Waals surface area (Å²) in [7, 11) is 0. The molecule has 1 fully saturated rings. The number of carbonyl (C=O) groups excluding carboxylic acids is 1. The van der Waals surface area contributed by atoms with Gasteiger partial charge in [-0.15, -0.1) is 5.10 Å². The molecule has 0 N–H and O–H groups in total. The second-order valence-corrected chi connectivity index (χ2v) is 6.67. The third-order valence-electron chi connectivity index (χ3n) is 4.34. The third-order valence-corrected chi connectivity index (χ3v) is 4.88. The first-order valence-corrected chi connectivity index (χ1v) is 8.68. The van der Waals surface area contributed by atoms with Gasteiger partial charge in [-0.05, 0) is 61.4 Å². The molecule has 4 rings (SSSR count). The molecule has 0 aliphatic heterocycles. The smallest absolute Gasteiger partial charge is 0.338 e. The molecule has 0 bridgehead atoms. The van der Waals surface area contributed by atoms with Crippen molar-refractivity contribution in [1.82, 2.24) is 30.0 Å². The van der Waals surface area contributed by atoms with E-state index in [1.807, 2.05) is 13.8 Å². The molecule has 3 aromatic rings. The van der Waals surface area contributed by atoms with Gasteiger partial charge in [0.15, 0.2) is 12.4 Å². The highest BCUT2D eigenvalue weighted by molar-refractivity contribution is 6.31. The average molecular weight is 373 g/mol. The Hall–Kier alpha value is -2.74. The summed E-state index contributed by atoms with van der Waals surface area (Å²) in [4.78, 5) is 12.3. The van der Waals surface area contributed by atoms with E-state index in [9.17, 15) is 4.79 Å². The number of aromatic nitrogens is 6. The van der Waals surface area contributed by atoms with Crippen LogP contribution in [0.15, 0.2) is 24.3 Å². The molecule has 9 heteroatoms. The maximum Gasteiger partial charge on any atom is 0.338 e. The topological polar surface area (TPSA) is 87.7 Å². The van der Waals surface area contributed by atoms with Crippen molar-refractivity contribution < 1.29 is 9.53 Å². The second kappa shape index (κ2) is 6.53. The zero-order valence-corrected chi connectivity index (χ0v) is 15.1. The van der Waals surface area contributed by atoms with Gasteiger partial charge in [-0.3, -0.25) is 0 Å². The third kappa shape index (κ3) is 3.08. The summed E-state index contributed by atoms with van der Waals surface area (Å²) in [6.45, 7) is 3.80. The summed E-state index contributed by atoms with van der Waals surface area (Å²) in [6.07, 6.45) is 2.12. The van der Waals surface area contributed by atoms with Crippen LogP contribution in [0.5, 0.6) is 0 Å². The quantitative estimate of drug-likeness (QED) is 0.640. The predicted octanol–water partition coefficient (Wildman–Crippen LogP) is 2.82. The average Bonchev–Trinajstić information content (AvgIpc) is 3.34. The van der Waals surface area contributed by atoms with Crippen LogP contribution in [0.4, 0.5) is 0 Å². The number of esters is 1. The van der Waals surface area contributed by atoms with E-state index in [0.29, 0.717) is 22.5 Å². The van der Waals surface area contributed by atoms with Crippen LogP contribution in [0.3, 0.4) is 0 Å². The number of tetrazole rings is 1. The predicted molar refractivity (Wildman–Crippen MR) is 93.3 cm³/mol. The van der Waals surface area contributed by atoms with Crippen LogP contribution in [0.1, 0.15) is 46.5 Å². The highest BCUT2D eigenvalue weighted by atomic mass is 35.5. The van der Waals surface area contributed by atoms with Gasteiger partial charge < -0.3 is 4.74 Å². The number of hydrogen-bond acceptors (Lipinski definition) is 6. The van der Waals surface area contributed by atoms with E-state index in [1.165, 1.54) is 0 Å². The van der Waals surface area contributed by atoms with E-state index in [2.05, 4.69) is 20.6 Å². The number of hydrogen-bond donors (Lipinski definition) is 0. The van der Waals surface area contributed by atoms with Crippen molar-refractivity contribution in [3.8, 4) is 5.69 Å². The van der Waals surface area contributed by atoms with Gasteiger partial charge in [0.25, 0.3) is 0 Å². The number of halogens is 1. The molecule has 2 aromatic heterocycles. The van der Waals surface area contributed by atoms with Crippen LogP contribution in [-0.4, -0.2) is 36.0 Å². The first kappa shape index (κ1) is 16.7. The summed E-state index contributed by atoms with van der Waals surface area (Å²) in [6, 6.07) is 7.35. The van der Waals surface area contributed by atoms with E-state index in [0.717, 1.165) is 29.9 Å². The molecular formula is C17H17ClN6O2. The van der Waals surface area contributed by atoms with E-state index in [1.54, 1.807) is 33.6 Å². The summed E-state index contributed by atoms with van der Waals surface area (Å²) < 4.78 is 8.81. The van der Waals surface area contributed by atoms with Crippen molar-refractivity contribution in [3.05, 3.63) is 52.1 Å². The van der Waals surface area contributed by atoms with Gasteiger partial charge in [-0.2, -0.15) is 5.10 Å². The molecule has 26 heavy (non-hydrogen) atoms. The number of aryl methyl sites for hydroxylation is 1. The van der Waals surface area contributed by atoms with Crippen LogP contribution in [0, 0.1) is 13.8 Å². The molecule has 0 atom stereocenters. The first-order valence-electron chi connectivity index (χ1n) is 8.30. The summed E-state index contributed by atoms with van der Waals surface area (Å²) in [5, 5.41) is 16.5. The van der Waals surface area contributed by atoms with E-state index in [-0.39, 0.29) is 6.61 Å². The molecule has 0 saturated heterocycles. The van der Waals surface area contributed by atoms with Crippen LogP contribution >= 0.6 is 11.6 Å². The van der Waals surface area contributed by atoms with E-state index < -0.39 is 5.97 Å². The van der Waals surface area contributed by atoms with Crippen LogP contribution in [-0.2, 0) is 11.3 Å². The Morgan fingerprint density at radius 1 is 1.27 bits per heavy atom. The van der Waals surface area contributed by atoms with Gasteiger partial charge >= 0.3 is 5.97 Å². The highest BCUT2D eigenvalue weighted by Crippen LogP contribution is 2.34. The molecule has 0 unspecified atom stereocenters. The van der Waals surface area contributed by atoms with Gasteiger partial charge in [0.1, 0.15) is 0 Å². The second-order valence-electron chi connectivity index (χ2n) is 6.29. The van der Waals surface area contributed by atoms with Crippen LogP contribution < -0.4 is 0 Å². The van der Waals surface area contributed by atoms with Crippen molar-refractivity contribution in [3.63, 3.8) is 0 Å². The number of benzene rings is 1. The normalized spacial score (nSPS) is 13.8. The zero-order chi connectivity index (χ0) is 18.3. The van der Waals surface area contributed by atoms with Gasteiger partial charge in [0, 0.05) is 0 Å². The fourth-order valence-electron chi connectivity index (χ4n) is 2.74. The molecule has 2 heterocycles. The lowest BCUT2D eigenvalue weighted by molar-refractivity contribution is 0.0456. The SMILES string of the molecule is Cc1nn(-c2ccc(C(=O)OCc3nnnn3C3CC3)cc2)c(C)c1Cl. The molecule has 1 aliphatic carbocycles. The molecule has 134 valence electrons. The van der Waals surface area contributed by atoms with Crippen molar-refractivity contribution >= 4 is 17.6 Å². The minimum Gasteiger partial charge on any atom is -0.454 e. The molecule has 1 aromatic carbocycles. The number of nitrogens with zero attached hydrogens (tertiary/aromatic N) is 6. The Bertz CT molecular complexity index is 958. The molecular weight excluding hydrogens is 356 g/mol. The highest BCUT2D eigenvalue weighted by Gasteiger charge is 2.28. The minimum absolute atomic E-state index is 0.0527. The van der Waals surface area contributed by atoms with Crippen molar-refractivity contribution in [2.45, 2.75) is 39.3 Å². The van der Waals surface area contributed by atoms with E-state index in [4.69, 9.17) is 16.3 Å². The largest absolute Gasteiger partial charge is 0.454 e. The first-order chi connectivity index (χ1) is 12.5. The lowest BCUT2D eigenvalue weighted by Gasteiger charge is -2.07. The van der Waals surface area contributed by atoms with Gasteiger partial charge in [0.05, 0.1) is 33.7 Å². The number of ether oxygens (including phenoxy) is 1. The lowest BCUT2D eigenvalue weighted by Crippen LogP contribution is -2.10. The van der Waals surface area contributed by atoms with Crippen LogP contribution in [0.25, 0.3) is 5.69 Å². The molecule has 1 saturated carbocycles. The molecule has 0 amide bonds. The van der Waals surface area contributed by atoms with Gasteiger partial charge in [-0.1, -0.05) is 11.6 Å². The van der Waals surface area contributed by atoms with Gasteiger partial charge in [-0.25, -0.2) is 14.2 Å². The summed E-state index contributed by atoms with van der Waals surface area (Å²) >= 11 is 6.18. The Morgan fingerprint density at radius 2 is 2.00 bits per heavy atom. The Labute approximate surface area is 154 Å². The molecule has 0 spiro atoms. The summed E-state index contributed by atoms with van der Waals surface area (Å²) in [5.41, 5.74) is 2.89. The van der Waals surface area contributed by atoms with Crippen LogP contribution in [0.2, 0.25) is 5.02 Å². The van der Waals surface area contributed by atoms with Crippen molar-refractivity contribution in [1.29, 1.82) is 0 Å². The maximum atomic E-state index is 12.3. The van der Waals surface area contributed by atoms with Crippen molar-refractivity contribution in [2.24, 2.45) is 0 Å². The maximum absolute atomic E-state index is 12.3. The summed E-state index contributed by atoms with van der Waals surface area (Å²) in [5.74, 6) is 0.142. The van der Waals surface area contributed by atoms with Gasteiger partial charge in [0.2, 0.25) is 0 Å². The lowest BCUT2D eigenvalue weighted by atomic mass is 10.2. The van der Waals surface area contributed by atoms with Crippen molar-refractivity contribution in [2.75, 3.05) is 0 Å². The number of rotatable bonds is 5. The monoisotopic (exact) mass is 372 g/mol.